The fourth-order valence-corrected chi connectivity index (χ4v) is 4.11. The van der Waals surface area contributed by atoms with Gasteiger partial charge in [0, 0.05) is 22.1 Å². The second kappa shape index (κ2) is 8.23. The largest absolute Gasteiger partial charge is 0.478 e. The lowest BCUT2D eigenvalue weighted by molar-refractivity contribution is 0.0697. The van der Waals surface area contributed by atoms with Gasteiger partial charge in [0.05, 0.1) is 22.0 Å². The van der Waals surface area contributed by atoms with Crippen LogP contribution < -0.4 is 5.48 Å². The van der Waals surface area contributed by atoms with Crippen LogP contribution in [0.3, 0.4) is 0 Å². The quantitative estimate of drug-likeness (QED) is 0.311. The zero-order valence-corrected chi connectivity index (χ0v) is 16.8. The first-order chi connectivity index (χ1) is 14.5. The fraction of sp³-hybridized carbons (Fsp3) is 0. The van der Waals surface area contributed by atoms with Crippen LogP contribution in [0.5, 0.6) is 0 Å². The Kier molecular flexibility index (Phi) is 5.50. The molecule has 0 saturated heterocycles. The van der Waals surface area contributed by atoms with Crippen molar-refractivity contribution in [3.8, 4) is 33.0 Å². The third kappa shape index (κ3) is 3.78. The molecular weight excluding hydrogens is 427 g/mol. The van der Waals surface area contributed by atoms with Crippen LogP contribution in [0.1, 0.15) is 10.4 Å². The number of thiazole rings is 1. The average molecular weight is 441 g/mol. The van der Waals surface area contributed by atoms with Crippen LogP contribution in [0.25, 0.3) is 33.0 Å². The van der Waals surface area contributed by atoms with Crippen LogP contribution in [-0.4, -0.2) is 21.3 Å². The molecule has 0 amide bonds. The maximum Gasteiger partial charge on any atom is 0.336 e. The molecular formula is C22H14ClFN2O3S. The lowest BCUT2D eigenvalue weighted by Crippen LogP contribution is -2.02. The number of anilines is 1. The fourth-order valence-electron chi connectivity index (χ4n) is 3.10. The summed E-state index contributed by atoms with van der Waals surface area (Å²) in [5.41, 5.74) is 5.52. The number of para-hydroxylation sites is 1. The molecule has 3 aromatic carbocycles. The second-order valence-electron chi connectivity index (χ2n) is 6.39. The zero-order chi connectivity index (χ0) is 21.3. The number of carboxylic acids is 1. The number of carboxylic acid groups (broad SMARTS) is 1. The summed E-state index contributed by atoms with van der Waals surface area (Å²) in [7, 11) is 0. The highest BCUT2D eigenvalue weighted by Crippen LogP contribution is 2.35. The first-order valence-corrected chi connectivity index (χ1v) is 10.0. The standard InChI is InChI=1S/C22H14ClFN2O3S/c23-17-10-12(6-8-18(17)24)20-11-30-21(25-20)13-5-7-14(16(9-13)22(27)28)15-3-1-2-4-19(15)26-29/h1-11,26,29H,(H,27,28). The molecule has 4 aromatic rings. The van der Waals surface area contributed by atoms with Crippen LogP contribution >= 0.6 is 22.9 Å². The lowest BCUT2D eigenvalue weighted by atomic mass is 9.96. The van der Waals surface area contributed by atoms with Crippen molar-refractivity contribution in [3.05, 3.63) is 82.4 Å². The number of hydrogen-bond donors (Lipinski definition) is 3. The molecule has 5 nitrogen and oxygen atoms in total. The van der Waals surface area contributed by atoms with E-state index < -0.39 is 11.8 Å². The summed E-state index contributed by atoms with van der Waals surface area (Å²) in [6.07, 6.45) is 0. The Balaban J connectivity index is 1.76. The molecule has 0 radical (unpaired) electrons. The minimum Gasteiger partial charge on any atom is -0.478 e. The van der Waals surface area contributed by atoms with E-state index in [4.69, 9.17) is 11.6 Å². The average Bonchev–Trinajstić information content (AvgIpc) is 3.25. The molecule has 0 aliphatic rings. The van der Waals surface area contributed by atoms with E-state index in [9.17, 15) is 19.5 Å². The summed E-state index contributed by atoms with van der Waals surface area (Å²) in [5.74, 6) is -1.60. The second-order valence-corrected chi connectivity index (χ2v) is 7.65. The molecule has 4 rings (SSSR count). The molecule has 0 saturated carbocycles. The van der Waals surface area contributed by atoms with Gasteiger partial charge in [0.25, 0.3) is 0 Å². The molecule has 0 bridgehead atoms. The monoisotopic (exact) mass is 440 g/mol. The first-order valence-electron chi connectivity index (χ1n) is 8.76. The molecule has 8 heteroatoms. The Morgan fingerprint density at radius 1 is 1.03 bits per heavy atom. The van der Waals surface area contributed by atoms with Crippen LogP contribution in [-0.2, 0) is 0 Å². The summed E-state index contributed by atoms with van der Waals surface area (Å²) in [6.45, 7) is 0. The summed E-state index contributed by atoms with van der Waals surface area (Å²) in [4.78, 5) is 16.5. The molecule has 0 unspecified atom stereocenters. The lowest BCUT2D eigenvalue weighted by Gasteiger charge is -2.12. The predicted octanol–water partition coefficient (Wildman–Crippen LogP) is 6.44. The van der Waals surface area contributed by atoms with Gasteiger partial charge in [-0.1, -0.05) is 41.9 Å². The Morgan fingerprint density at radius 2 is 1.80 bits per heavy atom. The van der Waals surface area contributed by atoms with E-state index in [0.29, 0.717) is 38.6 Å². The van der Waals surface area contributed by atoms with Crippen molar-refractivity contribution in [2.75, 3.05) is 5.48 Å². The molecule has 0 spiro atoms. The highest BCUT2D eigenvalue weighted by atomic mass is 35.5. The predicted molar refractivity (Wildman–Crippen MR) is 116 cm³/mol. The molecule has 1 aromatic heterocycles. The molecule has 0 aliphatic carbocycles. The van der Waals surface area contributed by atoms with Gasteiger partial charge in [-0.2, -0.15) is 0 Å². The van der Waals surface area contributed by atoms with E-state index in [0.717, 1.165) is 0 Å². The Bertz CT molecular complexity index is 1260. The highest BCUT2D eigenvalue weighted by molar-refractivity contribution is 7.13. The summed E-state index contributed by atoms with van der Waals surface area (Å²) in [6, 6.07) is 16.2. The van der Waals surface area contributed by atoms with Crippen molar-refractivity contribution >= 4 is 34.6 Å². The number of aromatic carboxylic acids is 1. The molecule has 3 N–H and O–H groups in total. The van der Waals surface area contributed by atoms with Crippen molar-refractivity contribution in [2.24, 2.45) is 0 Å². The Morgan fingerprint density at radius 3 is 2.53 bits per heavy atom. The van der Waals surface area contributed by atoms with E-state index in [1.807, 2.05) is 0 Å². The number of rotatable bonds is 5. The number of halogens is 2. The maximum atomic E-state index is 13.4. The Labute approximate surface area is 180 Å². The first kappa shape index (κ1) is 20.0. The van der Waals surface area contributed by atoms with Gasteiger partial charge in [-0.05, 0) is 35.9 Å². The topological polar surface area (TPSA) is 82.5 Å². The maximum absolute atomic E-state index is 13.4. The van der Waals surface area contributed by atoms with Gasteiger partial charge >= 0.3 is 5.97 Å². The molecule has 0 aliphatic heterocycles. The van der Waals surface area contributed by atoms with E-state index in [1.165, 1.54) is 23.5 Å². The van der Waals surface area contributed by atoms with E-state index in [-0.39, 0.29) is 10.6 Å². The smallest absolute Gasteiger partial charge is 0.336 e. The molecule has 30 heavy (non-hydrogen) atoms. The van der Waals surface area contributed by atoms with Crippen molar-refractivity contribution in [3.63, 3.8) is 0 Å². The third-order valence-electron chi connectivity index (χ3n) is 4.55. The molecule has 1 heterocycles. The minimum atomic E-state index is -1.10. The minimum absolute atomic E-state index is 0.00993. The summed E-state index contributed by atoms with van der Waals surface area (Å²) in [5, 5.41) is 21.5. The van der Waals surface area contributed by atoms with Gasteiger partial charge in [0.1, 0.15) is 10.8 Å². The van der Waals surface area contributed by atoms with Crippen molar-refractivity contribution in [2.45, 2.75) is 0 Å². The number of carbonyl (C=O) groups is 1. The number of aromatic nitrogens is 1. The van der Waals surface area contributed by atoms with Gasteiger partial charge in [-0.25, -0.2) is 14.2 Å². The highest BCUT2D eigenvalue weighted by Gasteiger charge is 2.17. The number of nitrogens with one attached hydrogen (secondary N) is 1. The summed E-state index contributed by atoms with van der Waals surface area (Å²) >= 11 is 7.20. The van der Waals surface area contributed by atoms with E-state index >= 15 is 0 Å². The number of nitrogens with zero attached hydrogens (tertiary/aromatic N) is 1. The van der Waals surface area contributed by atoms with Crippen molar-refractivity contribution < 1.29 is 19.5 Å². The third-order valence-corrected chi connectivity index (χ3v) is 5.74. The molecule has 150 valence electrons. The normalized spacial score (nSPS) is 10.8. The molecule has 0 fully saturated rings. The van der Waals surface area contributed by atoms with Gasteiger partial charge in [-0.15, -0.1) is 11.3 Å². The van der Waals surface area contributed by atoms with Gasteiger partial charge in [0.15, 0.2) is 0 Å². The number of benzene rings is 3. The van der Waals surface area contributed by atoms with Gasteiger partial charge in [0.2, 0.25) is 0 Å². The van der Waals surface area contributed by atoms with Crippen molar-refractivity contribution in [1.29, 1.82) is 0 Å². The Hall–Kier alpha value is -3.26. The zero-order valence-electron chi connectivity index (χ0n) is 15.3. The molecule has 0 atom stereocenters. The van der Waals surface area contributed by atoms with Crippen LogP contribution in [0.15, 0.2) is 66.0 Å². The van der Waals surface area contributed by atoms with Crippen LogP contribution in [0.4, 0.5) is 10.1 Å². The summed E-state index contributed by atoms with van der Waals surface area (Å²) < 4.78 is 13.4. The van der Waals surface area contributed by atoms with Gasteiger partial charge < -0.3 is 5.11 Å². The van der Waals surface area contributed by atoms with Crippen LogP contribution in [0.2, 0.25) is 5.02 Å². The van der Waals surface area contributed by atoms with E-state index in [2.05, 4.69) is 10.5 Å². The SMILES string of the molecule is O=C(O)c1cc(-c2nc(-c3ccc(F)c(Cl)c3)cs2)ccc1-c1ccccc1NO. The number of hydrogen-bond acceptors (Lipinski definition) is 5. The van der Waals surface area contributed by atoms with Crippen LogP contribution in [0, 0.1) is 5.82 Å². The van der Waals surface area contributed by atoms with Gasteiger partial charge in [-0.3, -0.25) is 10.7 Å². The van der Waals surface area contributed by atoms with Crippen molar-refractivity contribution in [1.82, 2.24) is 4.98 Å². The van der Waals surface area contributed by atoms with E-state index in [1.54, 1.807) is 53.9 Å².